The number of carbonyl (C=O) groups is 2. The lowest BCUT2D eigenvalue weighted by atomic mass is 10.0. The van der Waals surface area contributed by atoms with Crippen LogP contribution in [-0.4, -0.2) is 17.4 Å². The minimum atomic E-state index is -4.95. The summed E-state index contributed by atoms with van der Waals surface area (Å²) in [4.78, 5) is 21.7. The molecule has 0 N–H and O–H groups in total. The van der Waals surface area contributed by atoms with Gasteiger partial charge in [-0.1, -0.05) is 15.9 Å². The predicted octanol–water partition coefficient (Wildman–Crippen LogP) is 3.23. The van der Waals surface area contributed by atoms with E-state index in [0.29, 0.717) is 6.07 Å². The zero-order valence-electron chi connectivity index (χ0n) is 8.15. The number of Topliss-reactive ketones (excluding diaryl/α,β-unsaturated/α-hetero) is 1. The molecule has 0 aromatic heterocycles. The van der Waals surface area contributed by atoms with Gasteiger partial charge < -0.3 is 0 Å². The molecule has 0 amide bonds. The number of ketones is 1. The standard InChI is InChI=1S/C10H5BrF4O2/c11-3-8(17)5-1-6(4-16)9(12)7(2-5)10(13,14)15/h1-2,4H,3H2. The van der Waals surface area contributed by atoms with Gasteiger partial charge in [0.1, 0.15) is 5.82 Å². The molecule has 1 rings (SSSR count). The SMILES string of the molecule is O=Cc1cc(C(=O)CBr)cc(C(F)(F)F)c1F. The smallest absolute Gasteiger partial charge is 0.298 e. The van der Waals surface area contributed by atoms with Gasteiger partial charge in [-0.3, -0.25) is 9.59 Å². The Morgan fingerprint density at radius 2 is 1.94 bits per heavy atom. The van der Waals surface area contributed by atoms with E-state index < -0.39 is 28.9 Å². The van der Waals surface area contributed by atoms with E-state index >= 15 is 0 Å². The van der Waals surface area contributed by atoms with Gasteiger partial charge in [0.15, 0.2) is 12.1 Å². The predicted molar refractivity (Wildman–Crippen MR) is 54.9 cm³/mol. The zero-order chi connectivity index (χ0) is 13.2. The topological polar surface area (TPSA) is 34.1 Å². The Kier molecular flexibility index (Phi) is 4.03. The van der Waals surface area contributed by atoms with Crippen LogP contribution in [0.2, 0.25) is 0 Å². The number of benzene rings is 1. The molecule has 2 nitrogen and oxygen atoms in total. The second-order valence-electron chi connectivity index (χ2n) is 3.10. The fourth-order valence-electron chi connectivity index (χ4n) is 1.18. The third-order valence-electron chi connectivity index (χ3n) is 1.98. The van der Waals surface area contributed by atoms with Crippen LogP contribution in [0, 0.1) is 5.82 Å². The van der Waals surface area contributed by atoms with Crippen molar-refractivity contribution in [2.45, 2.75) is 6.18 Å². The molecule has 7 heteroatoms. The van der Waals surface area contributed by atoms with Gasteiger partial charge in [0.25, 0.3) is 0 Å². The molecule has 1 aromatic rings. The van der Waals surface area contributed by atoms with E-state index in [9.17, 15) is 27.2 Å². The molecular weight excluding hydrogens is 308 g/mol. The summed E-state index contributed by atoms with van der Waals surface area (Å²) in [6, 6.07) is 1.19. The van der Waals surface area contributed by atoms with E-state index in [4.69, 9.17) is 0 Å². The summed E-state index contributed by atoms with van der Waals surface area (Å²) >= 11 is 2.78. The summed E-state index contributed by atoms with van der Waals surface area (Å²) in [5, 5.41) is -0.214. The van der Waals surface area contributed by atoms with Crippen molar-refractivity contribution < 1.29 is 27.2 Å². The van der Waals surface area contributed by atoms with Crippen LogP contribution in [0.5, 0.6) is 0 Å². The average Bonchev–Trinajstić information content (AvgIpc) is 2.26. The summed E-state index contributed by atoms with van der Waals surface area (Å²) in [5.41, 5.74) is -2.77. The highest BCUT2D eigenvalue weighted by Gasteiger charge is 2.36. The van der Waals surface area contributed by atoms with Gasteiger partial charge in [0.05, 0.1) is 16.5 Å². The van der Waals surface area contributed by atoms with Crippen molar-refractivity contribution in [1.82, 2.24) is 0 Å². The van der Waals surface area contributed by atoms with Crippen molar-refractivity contribution in [3.8, 4) is 0 Å². The fraction of sp³-hybridized carbons (Fsp3) is 0.200. The van der Waals surface area contributed by atoms with Gasteiger partial charge in [0, 0.05) is 5.56 Å². The van der Waals surface area contributed by atoms with Crippen LogP contribution in [0.3, 0.4) is 0 Å². The van der Waals surface area contributed by atoms with E-state index in [1.807, 2.05) is 0 Å². The lowest BCUT2D eigenvalue weighted by Gasteiger charge is -2.10. The first-order valence-electron chi connectivity index (χ1n) is 4.26. The number of carbonyl (C=O) groups excluding carboxylic acids is 2. The van der Waals surface area contributed by atoms with Gasteiger partial charge in [-0.25, -0.2) is 4.39 Å². The third-order valence-corrected chi connectivity index (χ3v) is 2.49. The Hall–Kier alpha value is -1.24. The summed E-state index contributed by atoms with van der Waals surface area (Å²) in [7, 11) is 0. The second-order valence-corrected chi connectivity index (χ2v) is 3.66. The van der Waals surface area contributed by atoms with Gasteiger partial charge in [-0.15, -0.1) is 0 Å². The normalized spacial score (nSPS) is 11.4. The number of halogens is 5. The molecule has 0 radical (unpaired) electrons. The molecule has 0 bridgehead atoms. The van der Waals surface area contributed by atoms with E-state index in [1.165, 1.54) is 0 Å². The number of alkyl halides is 4. The quantitative estimate of drug-likeness (QED) is 0.372. The van der Waals surface area contributed by atoms with Gasteiger partial charge in [-0.2, -0.15) is 13.2 Å². The van der Waals surface area contributed by atoms with Crippen LogP contribution in [0.1, 0.15) is 26.3 Å². The zero-order valence-corrected chi connectivity index (χ0v) is 9.73. The van der Waals surface area contributed by atoms with Gasteiger partial charge in [-0.05, 0) is 12.1 Å². The molecule has 0 spiro atoms. The molecule has 0 aliphatic carbocycles. The van der Waals surface area contributed by atoms with Crippen LogP contribution in [-0.2, 0) is 6.18 Å². The maximum absolute atomic E-state index is 13.2. The Balaban J connectivity index is 3.49. The molecule has 92 valence electrons. The third kappa shape index (κ3) is 2.91. The largest absolute Gasteiger partial charge is 0.419 e. The number of hydrogen-bond donors (Lipinski definition) is 0. The maximum Gasteiger partial charge on any atom is 0.419 e. The van der Waals surface area contributed by atoms with Crippen LogP contribution >= 0.6 is 15.9 Å². The Bertz CT molecular complexity index is 468. The molecule has 0 saturated heterocycles. The molecule has 17 heavy (non-hydrogen) atoms. The Morgan fingerprint density at radius 3 is 2.35 bits per heavy atom. The minimum absolute atomic E-state index is 0.0599. The Labute approximate surface area is 102 Å². The Morgan fingerprint density at radius 1 is 1.35 bits per heavy atom. The molecule has 0 saturated carbocycles. The van der Waals surface area contributed by atoms with Crippen LogP contribution in [0.25, 0.3) is 0 Å². The first-order chi connectivity index (χ1) is 7.81. The first-order valence-corrected chi connectivity index (χ1v) is 5.38. The summed E-state index contributed by atoms with van der Waals surface area (Å²) in [6.45, 7) is 0. The highest BCUT2D eigenvalue weighted by Crippen LogP contribution is 2.33. The molecule has 0 heterocycles. The highest BCUT2D eigenvalue weighted by atomic mass is 79.9. The van der Waals surface area contributed by atoms with Crippen LogP contribution in [0.4, 0.5) is 17.6 Å². The average molecular weight is 313 g/mol. The molecule has 0 aliphatic rings. The van der Waals surface area contributed by atoms with Crippen molar-refractivity contribution >= 4 is 28.0 Å². The first kappa shape index (κ1) is 13.8. The minimum Gasteiger partial charge on any atom is -0.298 e. The van der Waals surface area contributed by atoms with Crippen molar-refractivity contribution in [3.05, 3.63) is 34.6 Å². The molecular formula is C10H5BrF4O2. The maximum atomic E-state index is 13.2. The van der Waals surface area contributed by atoms with E-state index in [0.717, 1.165) is 6.07 Å². The van der Waals surface area contributed by atoms with Gasteiger partial charge in [0.2, 0.25) is 0 Å². The van der Waals surface area contributed by atoms with Crippen molar-refractivity contribution in [1.29, 1.82) is 0 Å². The number of rotatable bonds is 3. The molecule has 1 aromatic carbocycles. The summed E-state index contributed by atoms with van der Waals surface area (Å²) in [5.74, 6) is -2.34. The van der Waals surface area contributed by atoms with Crippen molar-refractivity contribution in [2.24, 2.45) is 0 Å². The van der Waals surface area contributed by atoms with E-state index in [1.54, 1.807) is 0 Å². The second kappa shape index (κ2) is 4.95. The molecule has 0 fully saturated rings. The number of hydrogen-bond acceptors (Lipinski definition) is 2. The van der Waals surface area contributed by atoms with Crippen LogP contribution < -0.4 is 0 Å². The number of aldehydes is 1. The lowest BCUT2D eigenvalue weighted by Crippen LogP contribution is -2.13. The van der Waals surface area contributed by atoms with Crippen molar-refractivity contribution in [3.63, 3.8) is 0 Å². The van der Waals surface area contributed by atoms with Crippen LogP contribution in [0.15, 0.2) is 12.1 Å². The monoisotopic (exact) mass is 312 g/mol. The van der Waals surface area contributed by atoms with E-state index in [-0.39, 0.29) is 17.2 Å². The molecule has 0 atom stereocenters. The lowest BCUT2D eigenvalue weighted by molar-refractivity contribution is -0.140. The summed E-state index contributed by atoms with van der Waals surface area (Å²) < 4.78 is 50.5. The van der Waals surface area contributed by atoms with Gasteiger partial charge >= 0.3 is 6.18 Å². The van der Waals surface area contributed by atoms with Crippen molar-refractivity contribution in [2.75, 3.05) is 5.33 Å². The molecule has 0 unspecified atom stereocenters. The summed E-state index contributed by atoms with van der Waals surface area (Å²) in [6.07, 6.45) is -5.01. The molecule has 0 aliphatic heterocycles. The van der Waals surface area contributed by atoms with E-state index in [2.05, 4.69) is 15.9 Å². The fourth-order valence-corrected chi connectivity index (χ4v) is 1.50. The highest BCUT2D eigenvalue weighted by molar-refractivity contribution is 9.09.